The van der Waals surface area contributed by atoms with E-state index in [0.717, 1.165) is 45.1 Å². The largest absolute Gasteiger partial charge is 0.497 e. The lowest BCUT2D eigenvalue weighted by Crippen LogP contribution is -2.55. The predicted molar refractivity (Wildman–Crippen MR) is 265 cm³/mol. The lowest BCUT2D eigenvalue weighted by Gasteiger charge is -2.42. The number of benzene rings is 4. The molecule has 4 heterocycles. The lowest BCUT2D eigenvalue weighted by atomic mass is 9.97. The Bertz CT molecular complexity index is 2490. The summed E-state index contributed by atoms with van der Waals surface area (Å²) < 4.78 is 67.3. The number of anilines is 2. The van der Waals surface area contributed by atoms with Gasteiger partial charge in [-0.05, 0) is 134 Å². The molecule has 2 aliphatic heterocycles. The SMILES string of the molecule is COc1ccc(C[C@@H]2CN(S(=O)(=O)c3cccs3)CCN2c2ccc(C(C)(C)O)cc2)cc1.COc1ccc(C[C@H]2CN(S(=O)(=O)c3cccs3)CCN2c2ccc(C(C)(C)O)cc2)cc1. The van der Waals surface area contributed by atoms with Gasteiger partial charge in [-0.25, -0.2) is 16.8 Å². The van der Waals surface area contributed by atoms with E-state index in [0.29, 0.717) is 60.5 Å². The molecule has 0 bridgehead atoms. The van der Waals surface area contributed by atoms with Crippen molar-refractivity contribution in [1.82, 2.24) is 8.61 Å². The van der Waals surface area contributed by atoms with E-state index in [9.17, 15) is 27.0 Å². The molecule has 0 radical (unpaired) electrons. The number of thiophene rings is 2. The zero-order chi connectivity index (χ0) is 47.3. The van der Waals surface area contributed by atoms with Gasteiger partial charge in [0.05, 0.1) is 25.4 Å². The highest BCUT2D eigenvalue weighted by molar-refractivity contribution is 7.91. The van der Waals surface area contributed by atoms with Crippen LogP contribution in [0.5, 0.6) is 11.5 Å². The highest BCUT2D eigenvalue weighted by Crippen LogP contribution is 2.32. The number of methoxy groups -OCH3 is 2. The molecule has 0 aliphatic carbocycles. The molecule has 4 aromatic carbocycles. The van der Waals surface area contributed by atoms with Crippen LogP contribution in [0.15, 0.2) is 141 Å². The van der Waals surface area contributed by atoms with Crippen molar-refractivity contribution < 1.29 is 36.5 Å². The molecule has 0 spiro atoms. The first-order valence-corrected chi connectivity index (χ1v) is 26.5. The smallest absolute Gasteiger partial charge is 0.252 e. The van der Waals surface area contributed by atoms with Gasteiger partial charge in [0.1, 0.15) is 19.9 Å². The number of sulfonamides is 2. The van der Waals surface area contributed by atoms with Gasteiger partial charge < -0.3 is 29.5 Å². The fourth-order valence-electron chi connectivity index (χ4n) is 8.38. The maximum atomic E-state index is 13.2. The minimum Gasteiger partial charge on any atom is -0.497 e. The number of nitrogens with zero attached hydrogens (tertiary/aromatic N) is 4. The monoisotopic (exact) mass is 972 g/mol. The standard InChI is InChI=1S/2C25H30N2O4S2/c2*1-25(2,28)20-8-10-21(11-9-20)27-15-14-26(33(29,30)24-5-4-16-32-24)18-22(27)17-19-6-12-23(31-3)13-7-19/h2*4-13,16,22,28H,14-15,17-18H2,1-3H3/t2*22-/m10/s1. The second-order valence-corrected chi connectivity index (χ2v) is 23.8. The van der Waals surface area contributed by atoms with E-state index in [4.69, 9.17) is 9.47 Å². The van der Waals surface area contributed by atoms with Gasteiger partial charge in [-0.2, -0.15) is 8.61 Å². The van der Waals surface area contributed by atoms with E-state index < -0.39 is 31.2 Å². The molecule has 0 amide bonds. The summed E-state index contributed by atoms with van der Waals surface area (Å²) in [6.45, 7) is 9.90. The van der Waals surface area contributed by atoms with Crippen molar-refractivity contribution in [2.24, 2.45) is 0 Å². The van der Waals surface area contributed by atoms with E-state index in [-0.39, 0.29) is 12.1 Å². The number of hydrogen-bond donors (Lipinski definition) is 2. The summed E-state index contributed by atoms with van der Waals surface area (Å²) in [6, 6.07) is 38.5. The van der Waals surface area contributed by atoms with Crippen LogP contribution in [0, 0.1) is 0 Å². The van der Waals surface area contributed by atoms with Gasteiger partial charge in [0.2, 0.25) is 0 Å². The normalized spacial score (nSPS) is 17.8. The van der Waals surface area contributed by atoms with Gasteiger partial charge in [-0.1, -0.05) is 60.7 Å². The Kier molecular flexibility index (Phi) is 15.3. The van der Waals surface area contributed by atoms with E-state index in [1.165, 1.54) is 22.7 Å². The van der Waals surface area contributed by atoms with Crippen molar-refractivity contribution in [3.63, 3.8) is 0 Å². The fraction of sp³-hybridized carbons (Fsp3) is 0.360. The second-order valence-electron chi connectivity index (χ2n) is 17.6. The number of ether oxygens (including phenoxy) is 2. The highest BCUT2D eigenvalue weighted by Gasteiger charge is 2.37. The van der Waals surface area contributed by atoms with E-state index >= 15 is 0 Å². The Morgan fingerprint density at radius 1 is 0.530 bits per heavy atom. The van der Waals surface area contributed by atoms with Crippen molar-refractivity contribution in [3.05, 3.63) is 154 Å². The molecule has 352 valence electrons. The zero-order valence-corrected chi connectivity index (χ0v) is 41.5. The minimum absolute atomic E-state index is 0.0325. The molecule has 2 aliphatic rings. The van der Waals surface area contributed by atoms with Crippen molar-refractivity contribution in [2.75, 3.05) is 63.3 Å². The maximum absolute atomic E-state index is 13.2. The topological polar surface area (TPSA) is 140 Å². The molecule has 2 N–H and O–H groups in total. The van der Waals surface area contributed by atoms with Crippen LogP contribution < -0.4 is 19.3 Å². The Labute approximate surface area is 398 Å². The van der Waals surface area contributed by atoms with Gasteiger partial charge >= 0.3 is 0 Å². The van der Waals surface area contributed by atoms with E-state index in [2.05, 4.69) is 9.80 Å². The molecular weight excluding hydrogens is 913 g/mol. The van der Waals surface area contributed by atoms with E-state index in [1.807, 2.05) is 97.1 Å². The van der Waals surface area contributed by atoms with Gasteiger partial charge in [-0.3, -0.25) is 0 Å². The summed E-state index contributed by atoms with van der Waals surface area (Å²) in [5, 5.41) is 24.2. The average molecular weight is 973 g/mol. The van der Waals surface area contributed by atoms with Crippen LogP contribution in [-0.4, -0.2) is 101 Å². The summed E-state index contributed by atoms with van der Waals surface area (Å²) in [5.74, 6) is 1.59. The Hall–Kier alpha value is -4.78. The summed E-state index contributed by atoms with van der Waals surface area (Å²) in [4.78, 5) is 4.55. The van der Waals surface area contributed by atoms with Crippen LogP contribution in [0.4, 0.5) is 11.4 Å². The molecule has 2 aromatic heterocycles. The van der Waals surface area contributed by atoms with Crippen LogP contribution in [0.1, 0.15) is 49.9 Å². The Balaban J connectivity index is 0.000000196. The molecule has 8 rings (SSSR count). The summed E-state index contributed by atoms with van der Waals surface area (Å²) >= 11 is 2.51. The number of rotatable bonds is 14. The van der Waals surface area contributed by atoms with Crippen molar-refractivity contribution >= 4 is 54.1 Å². The lowest BCUT2D eigenvalue weighted by molar-refractivity contribution is 0.0780. The molecular formula is C50H60N4O8S4. The van der Waals surface area contributed by atoms with Crippen molar-refractivity contribution in [3.8, 4) is 11.5 Å². The number of hydrogen-bond acceptors (Lipinski definition) is 12. The molecule has 6 aromatic rings. The first kappa shape index (κ1) is 49.1. The molecule has 16 heteroatoms. The zero-order valence-electron chi connectivity index (χ0n) is 38.3. The first-order chi connectivity index (χ1) is 31.4. The molecule has 2 atom stereocenters. The number of piperazine rings is 2. The first-order valence-electron chi connectivity index (χ1n) is 21.9. The maximum Gasteiger partial charge on any atom is 0.252 e. The van der Waals surface area contributed by atoms with Crippen LogP contribution >= 0.6 is 22.7 Å². The average Bonchev–Trinajstić information content (AvgIpc) is 4.07. The summed E-state index contributed by atoms with van der Waals surface area (Å²) in [6.07, 6.45) is 1.40. The van der Waals surface area contributed by atoms with Gasteiger partial charge in [0.15, 0.2) is 0 Å². The van der Waals surface area contributed by atoms with E-state index in [1.54, 1.807) is 85.6 Å². The van der Waals surface area contributed by atoms with Crippen LogP contribution in [0.25, 0.3) is 0 Å². The van der Waals surface area contributed by atoms with Gasteiger partial charge in [-0.15, -0.1) is 22.7 Å². The van der Waals surface area contributed by atoms with Crippen LogP contribution in [0.3, 0.4) is 0 Å². The third-order valence-corrected chi connectivity index (χ3v) is 18.6. The summed E-state index contributed by atoms with van der Waals surface area (Å²) in [5.41, 5.74) is 4.16. The molecule has 0 unspecified atom stereocenters. The fourth-order valence-corrected chi connectivity index (χ4v) is 13.6. The van der Waals surface area contributed by atoms with Crippen molar-refractivity contribution in [2.45, 2.75) is 72.2 Å². The van der Waals surface area contributed by atoms with Crippen LogP contribution in [0.2, 0.25) is 0 Å². The highest BCUT2D eigenvalue weighted by atomic mass is 32.3. The Morgan fingerprint density at radius 3 is 1.17 bits per heavy atom. The predicted octanol–water partition coefficient (Wildman–Crippen LogP) is 8.21. The molecule has 66 heavy (non-hydrogen) atoms. The molecule has 2 fully saturated rings. The summed E-state index contributed by atoms with van der Waals surface area (Å²) in [7, 11) is -3.75. The third kappa shape index (κ3) is 11.7. The quantitative estimate of drug-likeness (QED) is 0.110. The van der Waals surface area contributed by atoms with Gasteiger partial charge in [0.25, 0.3) is 20.0 Å². The number of aliphatic hydroxyl groups is 2. The Morgan fingerprint density at radius 2 is 0.879 bits per heavy atom. The van der Waals surface area contributed by atoms with Crippen molar-refractivity contribution in [1.29, 1.82) is 0 Å². The molecule has 12 nitrogen and oxygen atoms in total. The molecule has 2 saturated heterocycles. The van der Waals surface area contributed by atoms with Gasteiger partial charge in [0, 0.05) is 62.7 Å². The second kappa shape index (κ2) is 20.6. The third-order valence-electron chi connectivity index (χ3n) is 12.1. The molecule has 0 saturated carbocycles. The van der Waals surface area contributed by atoms with Crippen LogP contribution in [-0.2, 0) is 44.1 Å². The minimum atomic E-state index is -3.51.